The molecule has 0 saturated carbocycles. The lowest BCUT2D eigenvalue weighted by molar-refractivity contribution is -0.131. The molecule has 1 aliphatic heterocycles. The maximum Gasteiger partial charge on any atom is 0.328 e. The summed E-state index contributed by atoms with van der Waals surface area (Å²) in [5.74, 6) is -0.922. The van der Waals surface area contributed by atoms with Gasteiger partial charge in [-0.15, -0.1) is 0 Å². The van der Waals surface area contributed by atoms with Gasteiger partial charge in [-0.25, -0.2) is 4.79 Å². The molecule has 1 aliphatic rings. The molecule has 1 aromatic carbocycles. The molecular weight excluding hydrogens is 216 g/mol. The van der Waals surface area contributed by atoms with Crippen LogP contribution in [0, 0.1) is 0 Å². The van der Waals surface area contributed by atoms with Crippen molar-refractivity contribution in [2.75, 3.05) is 26.2 Å². The second-order valence-corrected chi connectivity index (χ2v) is 3.58. The van der Waals surface area contributed by atoms with Gasteiger partial charge in [-0.3, -0.25) is 0 Å². The third-order valence-corrected chi connectivity index (χ3v) is 2.18. The zero-order chi connectivity index (χ0) is 12.3. The first-order valence-corrected chi connectivity index (χ1v) is 5.66. The predicted octanol–water partition coefficient (Wildman–Crippen LogP) is 0.964. The van der Waals surface area contributed by atoms with Crippen LogP contribution in [-0.4, -0.2) is 37.3 Å². The highest BCUT2D eigenvalue weighted by molar-refractivity contribution is 5.85. The van der Waals surface area contributed by atoms with Crippen LogP contribution in [0.1, 0.15) is 5.56 Å². The molecule has 1 fully saturated rings. The molecule has 4 heteroatoms. The number of piperazine rings is 1. The minimum atomic E-state index is -0.922. The molecule has 1 aromatic rings. The lowest BCUT2D eigenvalue weighted by Gasteiger charge is -2.11. The number of nitrogens with one attached hydrogen (secondary N) is 2. The number of rotatable bonds is 2. The van der Waals surface area contributed by atoms with Crippen molar-refractivity contribution in [1.29, 1.82) is 0 Å². The quantitative estimate of drug-likeness (QED) is 0.667. The molecule has 92 valence electrons. The topological polar surface area (TPSA) is 61.4 Å². The molecule has 0 aliphatic carbocycles. The van der Waals surface area contributed by atoms with Gasteiger partial charge in [0.1, 0.15) is 0 Å². The van der Waals surface area contributed by atoms with E-state index in [1.807, 2.05) is 30.3 Å². The number of hydrogen-bond acceptors (Lipinski definition) is 3. The summed E-state index contributed by atoms with van der Waals surface area (Å²) in [6.07, 6.45) is 2.68. The highest BCUT2D eigenvalue weighted by Crippen LogP contribution is 1.99. The monoisotopic (exact) mass is 234 g/mol. The van der Waals surface area contributed by atoms with Gasteiger partial charge in [0.05, 0.1) is 0 Å². The molecule has 0 bridgehead atoms. The van der Waals surface area contributed by atoms with E-state index < -0.39 is 5.97 Å². The van der Waals surface area contributed by atoms with Crippen LogP contribution in [0.3, 0.4) is 0 Å². The van der Waals surface area contributed by atoms with Gasteiger partial charge in [-0.05, 0) is 11.6 Å². The Kier molecular flexibility index (Phi) is 6.70. The van der Waals surface area contributed by atoms with Crippen molar-refractivity contribution in [2.45, 2.75) is 0 Å². The lowest BCUT2D eigenvalue weighted by atomic mass is 10.2. The average Bonchev–Trinajstić information content (AvgIpc) is 2.40. The summed E-state index contributed by atoms with van der Waals surface area (Å²) in [6, 6.07) is 9.31. The van der Waals surface area contributed by atoms with Crippen LogP contribution in [0.5, 0.6) is 0 Å². The van der Waals surface area contributed by atoms with Crippen LogP contribution >= 0.6 is 0 Å². The Morgan fingerprint density at radius 3 is 2.00 bits per heavy atom. The van der Waals surface area contributed by atoms with Crippen molar-refractivity contribution < 1.29 is 9.90 Å². The Morgan fingerprint density at radius 2 is 1.59 bits per heavy atom. The minimum absolute atomic E-state index is 0.898. The zero-order valence-electron chi connectivity index (χ0n) is 9.73. The number of hydrogen-bond donors (Lipinski definition) is 3. The van der Waals surface area contributed by atoms with Crippen molar-refractivity contribution in [3.63, 3.8) is 0 Å². The summed E-state index contributed by atoms with van der Waals surface area (Å²) in [4.78, 5) is 10.1. The Labute approximate surface area is 101 Å². The number of benzene rings is 1. The summed E-state index contributed by atoms with van der Waals surface area (Å²) in [5.41, 5.74) is 0.898. The fourth-order valence-corrected chi connectivity index (χ4v) is 1.34. The molecule has 17 heavy (non-hydrogen) atoms. The zero-order valence-corrected chi connectivity index (χ0v) is 9.73. The molecule has 0 atom stereocenters. The van der Waals surface area contributed by atoms with Crippen molar-refractivity contribution >= 4 is 12.0 Å². The maximum atomic E-state index is 10.1. The van der Waals surface area contributed by atoms with Crippen LogP contribution in [0.25, 0.3) is 6.08 Å². The van der Waals surface area contributed by atoms with Crippen LogP contribution in [0.15, 0.2) is 36.4 Å². The number of carboxylic acid groups (broad SMARTS) is 1. The minimum Gasteiger partial charge on any atom is -0.478 e. The summed E-state index contributed by atoms with van der Waals surface area (Å²) in [5, 5.41) is 14.7. The van der Waals surface area contributed by atoms with Crippen LogP contribution < -0.4 is 10.6 Å². The Bertz CT molecular complexity index is 334. The summed E-state index contributed by atoms with van der Waals surface area (Å²) < 4.78 is 0. The van der Waals surface area contributed by atoms with Crippen molar-refractivity contribution in [3.8, 4) is 0 Å². The number of carbonyl (C=O) groups is 1. The van der Waals surface area contributed by atoms with Gasteiger partial charge in [-0.2, -0.15) is 0 Å². The molecule has 0 radical (unpaired) electrons. The van der Waals surface area contributed by atoms with Gasteiger partial charge in [-0.1, -0.05) is 30.3 Å². The smallest absolute Gasteiger partial charge is 0.328 e. The lowest BCUT2D eigenvalue weighted by Crippen LogP contribution is -2.39. The largest absolute Gasteiger partial charge is 0.478 e. The van der Waals surface area contributed by atoms with Gasteiger partial charge in [0.15, 0.2) is 0 Å². The van der Waals surface area contributed by atoms with Crippen LogP contribution in [-0.2, 0) is 4.79 Å². The number of carboxylic acids is 1. The third kappa shape index (κ3) is 7.27. The van der Waals surface area contributed by atoms with E-state index in [9.17, 15) is 4.79 Å². The maximum absolute atomic E-state index is 10.1. The first kappa shape index (κ1) is 13.4. The second kappa shape index (κ2) is 8.50. The first-order chi connectivity index (χ1) is 8.29. The van der Waals surface area contributed by atoms with Crippen molar-refractivity contribution in [3.05, 3.63) is 42.0 Å². The number of aliphatic carboxylic acids is 1. The predicted molar refractivity (Wildman–Crippen MR) is 68.9 cm³/mol. The fraction of sp³-hybridized carbons (Fsp3) is 0.308. The van der Waals surface area contributed by atoms with Gasteiger partial charge in [0.2, 0.25) is 0 Å². The van der Waals surface area contributed by atoms with Gasteiger partial charge >= 0.3 is 5.97 Å². The second-order valence-electron chi connectivity index (χ2n) is 3.58. The highest BCUT2D eigenvalue weighted by atomic mass is 16.4. The molecule has 1 heterocycles. The van der Waals surface area contributed by atoms with E-state index in [1.165, 1.54) is 0 Å². The molecule has 1 saturated heterocycles. The Hall–Kier alpha value is -1.65. The highest BCUT2D eigenvalue weighted by Gasteiger charge is 1.91. The Balaban J connectivity index is 0.000000202. The molecule has 0 spiro atoms. The molecule has 2 rings (SSSR count). The van der Waals surface area contributed by atoms with E-state index in [0.717, 1.165) is 37.8 Å². The summed E-state index contributed by atoms with van der Waals surface area (Å²) in [7, 11) is 0. The molecule has 0 amide bonds. The molecule has 0 unspecified atom stereocenters. The van der Waals surface area contributed by atoms with Crippen molar-refractivity contribution in [2.24, 2.45) is 0 Å². The normalized spacial score (nSPS) is 15.1. The van der Waals surface area contributed by atoms with Gasteiger partial charge < -0.3 is 15.7 Å². The van der Waals surface area contributed by atoms with Gasteiger partial charge in [0, 0.05) is 32.3 Å². The third-order valence-electron chi connectivity index (χ3n) is 2.18. The van der Waals surface area contributed by atoms with Gasteiger partial charge in [0.25, 0.3) is 0 Å². The van der Waals surface area contributed by atoms with E-state index >= 15 is 0 Å². The average molecular weight is 234 g/mol. The van der Waals surface area contributed by atoms with E-state index in [1.54, 1.807) is 6.08 Å². The van der Waals surface area contributed by atoms with Crippen molar-refractivity contribution in [1.82, 2.24) is 10.6 Å². The van der Waals surface area contributed by atoms with E-state index in [4.69, 9.17) is 5.11 Å². The van der Waals surface area contributed by atoms with E-state index in [-0.39, 0.29) is 0 Å². The van der Waals surface area contributed by atoms with E-state index in [2.05, 4.69) is 10.6 Å². The molecule has 4 nitrogen and oxygen atoms in total. The fourth-order valence-electron chi connectivity index (χ4n) is 1.34. The van der Waals surface area contributed by atoms with Crippen LogP contribution in [0.4, 0.5) is 0 Å². The molecule has 3 N–H and O–H groups in total. The first-order valence-electron chi connectivity index (χ1n) is 5.66. The molecule has 0 aromatic heterocycles. The summed E-state index contributed by atoms with van der Waals surface area (Å²) >= 11 is 0. The molecular formula is C13H18N2O2. The standard InChI is InChI=1S/C9H8O2.C4H10N2/c10-9(11)7-6-8-4-2-1-3-5-8;1-2-6-4-3-5-1/h1-7H,(H,10,11);5-6H,1-4H2/b7-6+;. The SMILES string of the molecule is C1CNCCN1.O=C(O)/C=C/c1ccccc1. The summed E-state index contributed by atoms with van der Waals surface area (Å²) in [6.45, 7) is 4.56. The Morgan fingerprint density at radius 1 is 1.06 bits per heavy atom. The van der Waals surface area contributed by atoms with E-state index in [0.29, 0.717) is 0 Å². The van der Waals surface area contributed by atoms with Crippen LogP contribution in [0.2, 0.25) is 0 Å².